The molecule has 1 rings (SSSR count). The number of primary amides is 1. The van der Waals surface area contributed by atoms with Gasteiger partial charge in [0.25, 0.3) is 0 Å². The Balaban J connectivity index is 2.52. The molecule has 8 nitrogen and oxygen atoms in total. The number of methoxy groups -OCH3 is 1. The number of aliphatic hydroxyl groups is 1. The summed E-state index contributed by atoms with van der Waals surface area (Å²) in [5.74, 6) is -1.28. The predicted octanol–water partition coefficient (Wildman–Crippen LogP) is 1.69. The monoisotopic (exact) mass is 449 g/mol. The van der Waals surface area contributed by atoms with Gasteiger partial charge in [-0.05, 0) is 37.3 Å². The van der Waals surface area contributed by atoms with Crippen LogP contribution in [0.5, 0.6) is 0 Å². The maximum absolute atomic E-state index is 12.9. The molecular weight excluding hydrogens is 410 g/mol. The van der Waals surface area contributed by atoms with Gasteiger partial charge in [-0.15, -0.1) is 0 Å². The molecular formula is C24H39N3O5. The first-order valence-corrected chi connectivity index (χ1v) is 11.4. The summed E-state index contributed by atoms with van der Waals surface area (Å²) in [7, 11) is 1.40. The van der Waals surface area contributed by atoms with Crippen LogP contribution in [-0.2, 0) is 25.5 Å². The van der Waals surface area contributed by atoms with Gasteiger partial charge in [0, 0.05) is 6.42 Å². The lowest BCUT2D eigenvalue weighted by Gasteiger charge is -2.27. The smallest absolute Gasteiger partial charge is 0.305 e. The lowest BCUT2D eigenvalue weighted by Crippen LogP contribution is -2.56. The van der Waals surface area contributed by atoms with Crippen molar-refractivity contribution in [2.75, 3.05) is 13.7 Å². The van der Waals surface area contributed by atoms with Crippen molar-refractivity contribution in [3.63, 3.8) is 0 Å². The van der Waals surface area contributed by atoms with Crippen LogP contribution in [0.25, 0.3) is 0 Å². The van der Waals surface area contributed by atoms with Crippen LogP contribution in [0.3, 0.4) is 0 Å². The topological polar surface area (TPSA) is 131 Å². The van der Waals surface area contributed by atoms with Crippen LogP contribution in [0.4, 0.5) is 0 Å². The highest BCUT2D eigenvalue weighted by molar-refractivity contribution is 5.84. The highest BCUT2D eigenvalue weighted by atomic mass is 16.5. The van der Waals surface area contributed by atoms with Gasteiger partial charge in [0.15, 0.2) is 6.10 Å². The summed E-state index contributed by atoms with van der Waals surface area (Å²) >= 11 is 0. The molecule has 3 atom stereocenters. The molecule has 0 saturated carbocycles. The van der Waals surface area contributed by atoms with E-state index in [4.69, 9.17) is 5.73 Å². The second-order valence-electron chi connectivity index (χ2n) is 8.42. The van der Waals surface area contributed by atoms with Gasteiger partial charge < -0.3 is 26.2 Å². The maximum Gasteiger partial charge on any atom is 0.305 e. The Morgan fingerprint density at radius 3 is 2.25 bits per heavy atom. The van der Waals surface area contributed by atoms with Crippen molar-refractivity contribution in [2.24, 2.45) is 11.7 Å². The summed E-state index contributed by atoms with van der Waals surface area (Å²) in [6.45, 7) is 4.57. The molecule has 1 aromatic rings. The van der Waals surface area contributed by atoms with Crippen LogP contribution in [0.1, 0.15) is 57.9 Å². The molecule has 0 aromatic heterocycles. The molecule has 32 heavy (non-hydrogen) atoms. The van der Waals surface area contributed by atoms with Crippen molar-refractivity contribution in [3.05, 3.63) is 35.9 Å². The van der Waals surface area contributed by atoms with Crippen LogP contribution < -0.4 is 16.4 Å². The van der Waals surface area contributed by atoms with Crippen LogP contribution in [0.15, 0.2) is 30.3 Å². The third-order valence-electron chi connectivity index (χ3n) is 5.40. The SMILES string of the molecule is COC(=O)CCCCCCCNC(C(=O)NC(Cc1ccccc1)C(O)C(N)=O)C(C)C. The minimum atomic E-state index is -1.48. The van der Waals surface area contributed by atoms with E-state index in [-0.39, 0.29) is 17.8 Å². The van der Waals surface area contributed by atoms with Crippen molar-refractivity contribution in [3.8, 4) is 0 Å². The van der Waals surface area contributed by atoms with Gasteiger partial charge in [-0.2, -0.15) is 0 Å². The molecule has 8 heteroatoms. The van der Waals surface area contributed by atoms with Crippen LogP contribution in [0, 0.1) is 5.92 Å². The zero-order chi connectivity index (χ0) is 23.9. The second-order valence-corrected chi connectivity index (χ2v) is 8.42. The molecule has 5 N–H and O–H groups in total. The van der Waals surface area contributed by atoms with Gasteiger partial charge >= 0.3 is 5.97 Å². The Morgan fingerprint density at radius 1 is 1.03 bits per heavy atom. The van der Waals surface area contributed by atoms with Crippen molar-refractivity contribution >= 4 is 17.8 Å². The van der Waals surface area contributed by atoms with E-state index in [9.17, 15) is 19.5 Å². The summed E-state index contributed by atoms with van der Waals surface area (Å²) in [6.07, 6.45) is 3.98. The molecule has 3 unspecified atom stereocenters. The molecule has 2 amide bonds. The minimum absolute atomic E-state index is 0.0261. The number of benzene rings is 1. The zero-order valence-electron chi connectivity index (χ0n) is 19.5. The molecule has 0 saturated heterocycles. The van der Waals surface area contributed by atoms with Crippen molar-refractivity contribution in [1.82, 2.24) is 10.6 Å². The first kappa shape index (κ1) is 27.6. The molecule has 0 fully saturated rings. The summed E-state index contributed by atoms with van der Waals surface area (Å²) in [4.78, 5) is 35.6. The summed E-state index contributed by atoms with van der Waals surface area (Å²) in [5.41, 5.74) is 6.18. The van der Waals surface area contributed by atoms with Gasteiger partial charge in [0.2, 0.25) is 11.8 Å². The zero-order valence-corrected chi connectivity index (χ0v) is 19.5. The molecule has 0 bridgehead atoms. The third-order valence-corrected chi connectivity index (χ3v) is 5.40. The first-order valence-electron chi connectivity index (χ1n) is 11.4. The standard InChI is InChI=1S/C24H39N3O5/c1-17(2)21(26-15-11-6-4-5-10-14-20(28)32-3)24(31)27-19(22(29)23(25)30)16-18-12-8-7-9-13-18/h7-9,12-13,17,19,21-22,26,29H,4-6,10-11,14-16H2,1-3H3,(H2,25,30)(H,27,31). The lowest BCUT2D eigenvalue weighted by molar-refractivity contribution is -0.140. The number of esters is 1. The van der Waals surface area contributed by atoms with Crippen molar-refractivity contribution < 1.29 is 24.2 Å². The number of nitrogens with two attached hydrogens (primary N) is 1. The minimum Gasteiger partial charge on any atom is -0.469 e. The highest BCUT2D eigenvalue weighted by Crippen LogP contribution is 2.10. The average molecular weight is 450 g/mol. The number of carbonyl (C=O) groups excluding carboxylic acids is 3. The quantitative estimate of drug-likeness (QED) is 0.224. The van der Waals surface area contributed by atoms with E-state index >= 15 is 0 Å². The maximum atomic E-state index is 12.9. The largest absolute Gasteiger partial charge is 0.469 e. The second kappa shape index (κ2) is 15.4. The number of hydrogen-bond donors (Lipinski definition) is 4. The van der Waals surface area contributed by atoms with Crippen LogP contribution in [0.2, 0.25) is 0 Å². The number of amides is 2. The molecule has 0 aliphatic heterocycles. The number of rotatable bonds is 16. The van der Waals surface area contributed by atoms with E-state index in [2.05, 4.69) is 15.4 Å². The van der Waals surface area contributed by atoms with Gasteiger partial charge in [0.05, 0.1) is 19.2 Å². The number of aliphatic hydroxyl groups excluding tert-OH is 1. The number of nitrogens with one attached hydrogen (secondary N) is 2. The normalized spacial score (nSPS) is 13.9. The van der Waals surface area contributed by atoms with Gasteiger partial charge in [-0.25, -0.2) is 0 Å². The average Bonchev–Trinajstić information content (AvgIpc) is 2.77. The number of ether oxygens (including phenoxy) is 1. The van der Waals surface area contributed by atoms with E-state index in [1.165, 1.54) is 7.11 Å². The Hall–Kier alpha value is -2.45. The highest BCUT2D eigenvalue weighted by Gasteiger charge is 2.30. The van der Waals surface area contributed by atoms with Gasteiger partial charge in [0.1, 0.15) is 0 Å². The van der Waals surface area contributed by atoms with Crippen LogP contribution >= 0.6 is 0 Å². The number of carbonyl (C=O) groups is 3. The molecule has 0 radical (unpaired) electrons. The molecule has 0 aliphatic rings. The molecule has 0 aliphatic carbocycles. The number of unbranched alkanes of at least 4 members (excludes halogenated alkanes) is 4. The van der Waals surface area contributed by atoms with Crippen molar-refractivity contribution in [1.29, 1.82) is 0 Å². The summed E-state index contributed by atoms with van der Waals surface area (Å²) < 4.78 is 4.63. The Labute approximate surface area is 191 Å². The lowest BCUT2D eigenvalue weighted by atomic mass is 9.98. The fraction of sp³-hybridized carbons (Fsp3) is 0.625. The number of hydrogen-bond acceptors (Lipinski definition) is 6. The fourth-order valence-electron chi connectivity index (χ4n) is 3.50. The predicted molar refractivity (Wildman–Crippen MR) is 124 cm³/mol. The van der Waals surface area contributed by atoms with E-state index in [0.717, 1.165) is 37.7 Å². The molecule has 180 valence electrons. The summed E-state index contributed by atoms with van der Waals surface area (Å²) in [6, 6.07) is 8.08. The molecule has 0 spiro atoms. The van der Waals surface area contributed by atoms with Crippen LogP contribution in [-0.4, -0.2) is 54.7 Å². The summed E-state index contributed by atoms with van der Waals surface area (Å²) in [5, 5.41) is 16.4. The fourth-order valence-corrected chi connectivity index (χ4v) is 3.50. The molecule has 0 heterocycles. The van der Waals surface area contributed by atoms with Gasteiger partial charge in [-0.3, -0.25) is 14.4 Å². The van der Waals surface area contributed by atoms with Crippen molar-refractivity contribution in [2.45, 2.75) is 77.0 Å². The van der Waals surface area contributed by atoms with E-state index < -0.39 is 24.1 Å². The Kier molecular flexibility index (Phi) is 13.2. The van der Waals surface area contributed by atoms with E-state index in [1.807, 2.05) is 44.2 Å². The Bertz CT molecular complexity index is 696. The first-order chi connectivity index (χ1) is 15.3. The third kappa shape index (κ3) is 10.7. The Morgan fingerprint density at radius 2 is 1.66 bits per heavy atom. The molecule has 1 aromatic carbocycles. The van der Waals surface area contributed by atoms with Gasteiger partial charge in [-0.1, -0.05) is 63.4 Å². The van der Waals surface area contributed by atoms with E-state index in [0.29, 0.717) is 19.4 Å². The van der Waals surface area contributed by atoms with E-state index in [1.54, 1.807) is 0 Å².